The third kappa shape index (κ3) is 4.38. The van der Waals surface area contributed by atoms with Gasteiger partial charge in [-0.05, 0) is 36.2 Å². The van der Waals surface area contributed by atoms with Crippen molar-refractivity contribution in [1.82, 2.24) is 9.78 Å². The summed E-state index contributed by atoms with van der Waals surface area (Å²) in [6, 6.07) is 11.4. The topological polar surface area (TPSA) is 81.1 Å². The number of halogens is 2. The third-order valence-electron chi connectivity index (χ3n) is 4.19. The molecule has 0 radical (unpaired) electrons. The Balaban J connectivity index is 1.87. The van der Waals surface area contributed by atoms with Crippen LogP contribution in [0.25, 0.3) is 0 Å². The number of hydrogen-bond acceptors (Lipinski definition) is 4. The smallest absolute Gasteiger partial charge is 0.257 e. The molecule has 0 atom stereocenters. The van der Waals surface area contributed by atoms with Crippen molar-refractivity contribution in [3.63, 3.8) is 0 Å². The van der Waals surface area contributed by atoms with Gasteiger partial charge in [-0.2, -0.15) is 5.10 Å². The number of nitrogens with one attached hydrogen (secondary N) is 1. The van der Waals surface area contributed by atoms with E-state index in [1.54, 1.807) is 42.1 Å². The van der Waals surface area contributed by atoms with Gasteiger partial charge in [-0.3, -0.25) is 4.79 Å². The Labute approximate surface area is 173 Å². The molecule has 0 saturated heterocycles. The number of amides is 1. The highest BCUT2D eigenvalue weighted by molar-refractivity contribution is 7.90. The SMILES string of the molecule is Cc1ccc(S(C)(=O)=O)cc1C(=O)Nc1ccnn1Cc1cccc(Cl)c1Cl. The molecular weight excluding hydrogens is 421 g/mol. The quantitative estimate of drug-likeness (QED) is 0.648. The minimum absolute atomic E-state index is 0.0856. The van der Waals surface area contributed by atoms with Crippen molar-refractivity contribution < 1.29 is 13.2 Å². The number of aryl methyl sites for hydroxylation is 1. The van der Waals surface area contributed by atoms with Crippen LogP contribution in [-0.4, -0.2) is 30.4 Å². The van der Waals surface area contributed by atoms with Gasteiger partial charge < -0.3 is 5.32 Å². The second-order valence-electron chi connectivity index (χ2n) is 6.29. The van der Waals surface area contributed by atoms with Gasteiger partial charge in [0.2, 0.25) is 0 Å². The van der Waals surface area contributed by atoms with Crippen molar-refractivity contribution in [2.24, 2.45) is 0 Å². The molecule has 0 aliphatic rings. The molecule has 0 fully saturated rings. The average molecular weight is 438 g/mol. The van der Waals surface area contributed by atoms with Crippen LogP contribution in [0.5, 0.6) is 0 Å². The second-order valence-corrected chi connectivity index (χ2v) is 9.09. The molecule has 0 saturated carbocycles. The molecule has 0 aliphatic carbocycles. The first-order valence-electron chi connectivity index (χ1n) is 8.23. The van der Waals surface area contributed by atoms with Crippen LogP contribution in [0.1, 0.15) is 21.5 Å². The van der Waals surface area contributed by atoms with Crippen molar-refractivity contribution in [2.45, 2.75) is 18.4 Å². The van der Waals surface area contributed by atoms with Crippen molar-refractivity contribution in [2.75, 3.05) is 11.6 Å². The highest BCUT2D eigenvalue weighted by atomic mass is 35.5. The third-order valence-corrected chi connectivity index (χ3v) is 6.16. The first-order valence-corrected chi connectivity index (χ1v) is 10.9. The highest BCUT2D eigenvalue weighted by Gasteiger charge is 2.16. The molecule has 9 heteroatoms. The molecule has 3 rings (SSSR count). The molecule has 1 N–H and O–H groups in total. The van der Waals surface area contributed by atoms with E-state index >= 15 is 0 Å². The maximum Gasteiger partial charge on any atom is 0.257 e. The number of rotatable bonds is 5. The lowest BCUT2D eigenvalue weighted by molar-refractivity contribution is 0.102. The van der Waals surface area contributed by atoms with Crippen LogP contribution >= 0.6 is 23.2 Å². The molecule has 28 heavy (non-hydrogen) atoms. The van der Waals surface area contributed by atoms with Gasteiger partial charge in [0.1, 0.15) is 5.82 Å². The Morgan fingerprint density at radius 2 is 1.93 bits per heavy atom. The number of aromatic nitrogens is 2. The molecule has 0 spiro atoms. The summed E-state index contributed by atoms with van der Waals surface area (Å²) in [5.74, 6) is 0.0205. The minimum Gasteiger partial charge on any atom is -0.307 e. The molecule has 1 aromatic heterocycles. The zero-order valence-corrected chi connectivity index (χ0v) is 17.4. The van der Waals surface area contributed by atoms with Crippen molar-refractivity contribution in [3.05, 3.63) is 75.4 Å². The van der Waals surface area contributed by atoms with Crippen LogP contribution in [0.15, 0.2) is 53.6 Å². The van der Waals surface area contributed by atoms with Crippen LogP contribution in [0.3, 0.4) is 0 Å². The molecule has 0 bridgehead atoms. The molecule has 146 valence electrons. The van der Waals surface area contributed by atoms with Gasteiger partial charge in [0.15, 0.2) is 9.84 Å². The summed E-state index contributed by atoms with van der Waals surface area (Å²) in [5, 5.41) is 7.84. The minimum atomic E-state index is -3.42. The Morgan fingerprint density at radius 1 is 1.18 bits per heavy atom. The maximum absolute atomic E-state index is 12.7. The second kappa shape index (κ2) is 7.95. The van der Waals surface area contributed by atoms with E-state index in [2.05, 4.69) is 10.4 Å². The molecule has 6 nitrogen and oxygen atoms in total. The predicted octanol–water partition coefficient (Wildman–Crippen LogP) is 4.20. The van der Waals surface area contributed by atoms with E-state index in [1.165, 1.54) is 12.1 Å². The van der Waals surface area contributed by atoms with E-state index in [9.17, 15) is 13.2 Å². The van der Waals surface area contributed by atoms with E-state index in [0.717, 1.165) is 11.8 Å². The zero-order valence-electron chi connectivity index (χ0n) is 15.1. The Hall–Kier alpha value is -2.35. The Morgan fingerprint density at radius 3 is 2.64 bits per heavy atom. The molecule has 1 heterocycles. The van der Waals surface area contributed by atoms with Gasteiger partial charge in [-0.1, -0.05) is 41.4 Å². The summed E-state index contributed by atoms with van der Waals surface area (Å²) in [4.78, 5) is 12.8. The monoisotopic (exact) mass is 437 g/mol. The summed E-state index contributed by atoms with van der Waals surface area (Å²) in [7, 11) is -3.42. The molecule has 0 unspecified atom stereocenters. The average Bonchev–Trinajstić information content (AvgIpc) is 3.05. The summed E-state index contributed by atoms with van der Waals surface area (Å²) in [5.41, 5.74) is 1.69. The van der Waals surface area contributed by atoms with Crippen molar-refractivity contribution in [1.29, 1.82) is 0 Å². The number of hydrogen-bond donors (Lipinski definition) is 1. The van der Waals surface area contributed by atoms with Crippen molar-refractivity contribution in [3.8, 4) is 0 Å². The number of nitrogens with zero attached hydrogens (tertiary/aromatic N) is 2. The molecule has 3 aromatic rings. The van der Waals surface area contributed by atoms with Crippen LogP contribution < -0.4 is 5.32 Å². The van der Waals surface area contributed by atoms with E-state index in [1.807, 2.05) is 6.07 Å². The number of carbonyl (C=O) groups is 1. The zero-order chi connectivity index (χ0) is 20.5. The first-order chi connectivity index (χ1) is 13.2. The normalized spacial score (nSPS) is 11.4. The molecular formula is C19H17Cl2N3O3S. The molecule has 1 amide bonds. The largest absolute Gasteiger partial charge is 0.307 e. The lowest BCUT2D eigenvalue weighted by atomic mass is 10.1. The van der Waals surface area contributed by atoms with Crippen LogP contribution in [0.4, 0.5) is 5.82 Å². The summed E-state index contributed by atoms with van der Waals surface area (Å²) in [6.07, 6.45) is 2.65. The van der Waals surface area contributed by atoms with Gasteiger partial charge in [-0.15, -0.1) is 0 Å². The number of carbonyl (C=O) groups excluding carboxylic acids is 1. The number of anilines is 1. The fraction of sp³-hybridized carbons (Fsp3) is 0.158. The van der Waals surface area contributed by atoms with Crippen LogP contribution in [0.2, 0.25) is 10.0 Å². The van der Waals surface area contributed by atoms with Crippen LogP contribution in [-0.2, 0) is 16.4 Å². The summed E-state index contributed by atoms with van der Waals surface area (Å²) >= 11 is 12.3. The highest BCUT2D eigenvalue weighted by Crippen LogP contribution is 2.27. The van der Waals surface area contributed by atoms with Crippen molar-refractivity contribution >= 4 is 44.8 Å². The predicted molar refractivity (Wildman–Crippen MR) is 110 cm³/mol. The van der Waals surface area contributed by atoms with Gasteiger partial charge >= 0.3 is 0 Å². The van der Waals surface area contributed by atoms with E-state index in [-0.39, 0.29) is 10.5 Å². The lowest BCUT2D eigenvalue weighted by Gasteiger charge is -2.12. The van der Waals surface area contributed by atoms with Gasteiger partial charge in [-0.25, -0.2) is 13.1 Å². The van der Waals surface area contributed by atoms with E-state index < -0.39 is 15.7 Å². The Kier molecular flexibility index (Phi) is 5.79. The number of benzene rings is 2. The fourth-order valence-electron chi connectivity index (χ4n) is 2.66. The van der Waals surface area contributed by atoms with E-state index in [0.29, 0.717) is 28.0 Å². The van der Waals surface area contributed by atoms with E-state index in [4.69, 9.17) is 23.2 Å². The van der Waals surface area contributed by atoms with Crippen LogP contribution in [0, 0.1) is 6.92 Å². The lowest BCUT2D eigenvalue weighted by Crippen LogP contribution is -2.18. The standard InChI is InChI=1S/C19H17Cl2N3O3S/c1-12-6-7-14(28(2,26)27)10-15(12)19(25)23-17-8-9-22-24(17)11-13-4-3-5-16(20)18(13)21/h3-10H,11H2,1-2H3,(H,23,25). The summed E-state index contributed by atoms with van der Waals surface area (Å²) < 4.78 is 25.1. The number of sulfone groups is 1. The Bertz CT molecular complexity index is 1160. The van der Waals surface area contributed by atoms with Gasteiger partial charge in [0.05, 0.1) is 27.7 Å². The molecule has 0 aliphatic heterocycles. The van der Waals surface area contributed by atoms with Gasteiger partial charge in [0.25, 0.3) is 5.91 Å². The van der Waals surface area contributed by atoms with Gasteiger partial charge in [0, 0.05) is 17.9 Å². The maximum atomic E-state index is 12.7. The molecule has 2 aromatic carbocycles. The summed E-state index contributed by atoms with van der Waals surface area (Å²) in [6.45, 7) is 2.05. The first kappa shape index (κ1) is 20.4. The fourth-order valence-corrected chi connectivity index (χ4v) is 3.68.